The maximum atomic E-state index is 16.4. The van der Waals surface area contributed by atoms with Crippen LogP contribution in [0.2, 0.25) is 18.1 Å². The minimum absolute atomic E-state index is 0.0790. The highest BCUT2D eigenvalue weighted by atomic mass is 28.4. The minimum atomic E-state index is -2.64. The van der Waals surface area contributed by atoms with Crippen molar-refractivity contribution in [1.82, 2.24) is 5.32 Å². The molecule has 1 heterocycles. The average molecular weight is 986 g/mol. The summed E-state index contributed by atoms with van der Waals surface area (Å²) in [4.78, 5) is 86.3. The van der Waals surface area contributed by atoms with Gasteiger partial charge in [-0.15, -0.1) is 0 Å². The quantitative estimate of drug-likeness (QED) is 0.0630. The molecule has 11 atom stereocenters. The third-order valence-electron chi connectivity index (χ3n) is 15.9. The van der Waals surface area contributed by atoms with Gasteiger partial charge in [-0.1, -0.05) is 80.5 Å². The lowest BCUT2D eigenvalue weighted by Gasteiger charge is -2.68. The Balaban J connectivity index is 1.85. The summed E-state index contributed by atoms with van der Waals surface area (Å²) in [5.74, 6) is -6.68. The summed E-state index contributed by atoms with van der Waals surface area (Å²) in [7, 11) is -2.64. The number of nitrogens with one attached hydrogen (secondary N) is 1. The van der Waals surface area contributed by atoms with Gasteiger partial charge in [0, 0.05) is 32.1 Å². The number of carbonyl (C=O) groups is 6. The highest BCUT2D eigenvalue weighted by Gasteiger charge is 2.79. The van der Waals surface area contributed by atoms with E-state index in [1.807, 2.05) is 34.6 Å². The number of fused-ring (bicyclic) bond motifs is 5. The van der Waals surface area contributed by atoms with Gasteiger partial charge >= 0.3 is 30.0 Å². The summed E-state index contributed by atoms with van der Waals surface area (Å²) in [6.45, 7) is 26.8. The first-order valence-corrected chi connectivity index (χ1v) is 27.2. The van der Waals surface area contributed by atoms with Crippen molar-refractivity contribution in [3.8, 4) is 0 Å². The predicted octanol–water partition coefficient (Wildman–Crippen LogP) is 7.56. The van der Waals surface area contributed by atoms with Gasteiger partial charge in [-0.25, -0.2) is 14.4 Å². The van der Waals surface area contributed by atoms with Gasteiger partial charge in [0.15, 0.2) is 31.4 Å². The molecule has 0 aromatic heterocycles. The van der Waals surface area contributed by atoms with Crippen molar-refractivity contribution < 1.29 is 71.8 Å². The highest BCUT2D eigenvalue weighted by Crippen LogP contribution is 2.65. The number of esters is 4. The first kappa shape index (κ1) is 55.8. The van der Waals surface area contributed by atoms with Gasteiger partial charge in [0.1, 0.15) is 29.5 Å². The molecular weight excluding hydrogens is 907 g/mol. The smallest absolute Gasteiger partial charge is 0.407 e. The van der Waals surface area contributed by atoms with Crippen molar-refractivity contribution >= 4 is 44.1 Å². The Morgan fingerprint density at radius 2 is 1.51 bits per heavy atom. The Morgan fingerprint density at radius 3 is 1.99 bits per heavy atom. The van der Waals surface area contributed by atoms with E-state index in [2.05, 4.69) is 5.32 Å². The summed E-state index contributed by atoms with van der Waals surface area (Å²) < 4.78 is 44.7. The van der Waals surface area contributed by atoms with Gasteiger partial charge in [0.25, 0.3) is 0 Å². The number of amides is 1. The van der Waals surface area contributed by atoms with E-state index >= 15 is 9.59 Å². The third-order valence-corrected chi connectivity index (χ3v) is 20.5. The molecule has 0 spiro atoms. The number of Topliss-reactive ketones (excluding diaryl/α,β-unsaturated/α-hetero) is 1. The molecule has 1 aliphatic heterocycles. The Kier molecular flexibility index (Phi) is 16.3. The Hall–Kier alpha value is -4.16. The van der Waals surface area contributed by atoms with Crippen molar-refractivity contribution in [3.05, 3.63) is 47.0 Å². The molecule has 16 nitrogen and oxygen atoms in total. The van der Waals surface area contributed by atoms with E-state index < -0.39 is 132 Å². The van der Waals surface area contributed by atoms with Gasteiger partial charge in [-0.2, -0.15) is 0 Å². The van der Waals surface area contributed by atoms with Crippen LogP contribution in [0.5, 0.6) is 0 Å². The van der Waals surface area contributed by atoms with Crippen molar-refractivity contribution in [2.24, 2.45) is 28.6 Å². The molecule has 3 aliphatic carbocycles. The summed E-state index contributed by atoms with van der Waals surface area (Å²) >= 11 is 0. The SMILES string of the molecule is CC[Si](CC)(CC)O[C@H]1C[C@H]2OC[C@@]2(OC(C)=O)[C@H]2[C@H](OC(=O)c3ccccc3)[C@]3(O)C[C@H](OC(=O)[C@@](O)(C(C)C)[C@H](CC(C)C)NC(=O)OC(C)(C)C)C(C)=C([C@@H](OC(C)=O)C(=O)[C@]12C)C3(C)C. The summed E-state index contributed by atoms with van der Waals surface area (Å²) in [6.07, 6.45) is -8.00. The molecule has 1 aromatic rings. The molecule has 3 N–H and O–H groups in total. The molecule has 2 bridgehead atoms. The van der Waals surface area contributed by atoms with Crippen LogP contribution < -0.4 is 5.32 Å². The topological polar surface area (TPSA) is 220 Å². The lowest BCUT2D eigenvalue weighted by Crippen LogP contribution is -2.82. The molecule has 4 aliphatic rings. The maximum absolute atomic E-state index is 16.4. The molecule has 1 aromatic carbocycles. The van der Waals surface area contributed by atoms with E-state index in [1.54, 1.807) is 92.6 Å². The van der Waals surface area contributed by atoms with E-state index in [0.29, 0.717) is 18.1 Å². The van der Waals surface area contributed by atoms with Crippen molar-refractivity contribution in [1.29, 1.82) is 0 Å². The Morgan fingerprint density at radius 1 is 0.913 bits per heavy atom. The normalized spacial score (nSPS) is 31.1. The van der Waals surface area contributed by atoms with E-state index in [0.717, 1.165) is 6.92 Å². The predicted molar refractivity (Wildman–Crippen MR) is 257 cm³/mol. The molecule has 5 rings (SSSR count). The first-order chi connectivity index (χ1) is 31.8. The highest BCUT2D eigenvalue weighted by molar-refractivity contribution is 6.73. The summed E-state index contributed by atoms with van der Waals surface area (Å²) in [6, 6.07) is 8.94. The molecule has 17 heteroatoms. The van der Waals surface area contributed by atoms with Gasteiger partial charge in [0.2, 0.25) is 0 Å². The zero-order chi connectivity index (χ0) is 52.0. The molecule has 0 radical (unpaired) electrons. The van der Waals surface area contributed by atoms with E-state index in [1.165, 1.54) is 6.92 Å². The van der Waals surface area contributed by atoms with Gasteiger partial charge in [-0.05, 0) is 94.3 Å². The summed E-state index contributed by atoms with van der Waals surface area (Å²) in [5.41, 5.74) is -10.4. The van der Waals surface area contributed by atoms with Crippen molar-refractivity contribution in [3.63, 3.8) is 0 Å². The molecular formula is C52H79NO15Si. The molecule has 386 valence electrons. The number of rotatable bonds is 16. The lowest BCUT2D eigenvalue weighted by molar-refractivity contribution is -0.344. The summed E-state index contributed by atoms with van der Waals surface area (Å²) in [5, 5.41) is 29.6. The van der Waals surface area contributed by atoms with Crippen LogP contribution in [0.1, 0.15) is 140 Å². The van der Waals surface area contributed by atoms with Crippen LogP contribution in [0.25, 0.3) is 0 Å². The average Bonchev–Trinajstić information content (AvgIpc) is 3.24. The van der Waals surface area contributed by atoms with Crippen LogP contribution in [0.3, 0.4) is 0 Å². The molecule has 3 fully saturated rings. The zero-order valence-electron chi connectivity index (χ0n) is 43.7. The molecule has 2 saturated carbocycles. The number of ketones is 1. The van der Waals surface area contributed by atoms with Crippen LogP contribution >= 0.6 is 0 Å². The van der Waals surface area contributed by atoms with Crippen LogP contribution in [-0.4, -0.2) is 120 Å². The molecule has 1 saturated heterocycles. The molecule has 1 amide bonds. The lowest BCUT2D eigenvalue weighted by atomic mass is 9.44. The monoisotopic (exact) mass is 986 g/mol. The number of aliphatic hydroxyl groups is 2. The molecule has 69 heavy (non-hydrogen) atoms. The number of ether oxygens (including phenoxy) is 6. The number of benzene rings is 1. The van der Waals surface area contributed by atoms with Crippen LogP contribution in [0, 0.1) is 28.6 Å². The Bertz CT molecular complexity index is 2140. The third kappa shape index (κ3) is 10.1. The number of hydrogen-bond donors (Lipinski definition) is 3. The largest absolute Gasteiger partial charge is 0.456 e. The van der Waals surface area contributed by atoms with Gasteiger partial charge in [-0.3, -0.25) is 14.4 Å². The maximum Gasteiger partial charge on any atom is 0.407 e. The van der Waals surface area contributed by atoms with Crippen LogP contribution in [0.15, 0.2) is 41.5 Å². The second kappa shape index (κ2) is 20.2. The number of hydrogen-bond acceptors (Lipinski definition) is 15. The van der Waals surface area contributed by atoms with Gasteiger partial charge in [0.05, 0.1) is 35.6 Å². The fraction of sp³-hybridized carbons (Fsp3) is 0.731. The number of carbonyl (C=O) groups excluding carboxylic acids is 6. The van der Waals surface area contributed by atoms with Crippen LogP contribution in [-0.2, 0) is 52.0 Å². The number of alkyl carbamates (subject to hydrolysis) is 1. The zero-order valence-corrected chi connectivity index (χ0v) is 44.7. The fourth-order valence-electron chi connectivity index (χ4n) is 11.7. The van der Waals surface area contributed by atoms with E-state index in [4.69, 9.17) is 32.8 Å². The molecule has 0 unspecified atom stereocenters. The standard InChI is InChI=1S/C52H79NO15Si/c1-17-69(18-2,19-3)68-37-26-38-50(28-62-38,66-33(10)55)41-43(65-44(57)34-23-21-20-22-24-34)51(60)27-35(31(8)39(48(51,14)15)40(63-32(9)54)42(56)49(37,41)16)64-45(58)52(61,30(6)7)36(25-29(4)5)53-46(59)67-47(11,12)13/h20-24,29-30,35-38,40-41,43,60-61H,17-19,25-28H2,1-16H3,(H,53,59)/t35-,36-,37-,38+,40+,41-,43-,49+,50-,51+,52+/m0/s1. The minimum Gasteiger partial charge on any atom is -0.456 e. The van der Waals surface area contributed by atoms with E-state index in [-0.39, 0.29) is 42.1 Å². The van der Waals surface area contributed by atoms with Gasteiger partial charge < -0.3 is 48.4 Å². The van der Waals surface area contributed by atoms with Crippen LogP contribution in [0.4, 0.5) is 4.79 Å². The van der Waals surface area contributed by atoms with Crippen molar-refractivity contribution in [2.75, 3.05) is 6.61 Å². The van der Waals surface area contributed by atoms with Crippen molar-refractivity contribution in [2.45, 2.75) is 207 Å². The fourth-order valence-corrected chi connectivity index (χ4v) is 14.7. The van der Waals surface area contributed by atoms with E-state index in [9.17, 15) is 29.4 Å². The first-order valence-electron chi connectivity index (χ1n) is 24.7. The second-order valence-corrected chi connectivity index (χ2v) is 27.0. The Labute approximate surface area is 409 Å². The second-order valence-electron chi connectivity index (χ2n) is 22.3.